The molecule has 0 rings (SSSR count). The second-order valence-electron chi connectivity index (χ2n) is 3.27. The monoisotopic (exact) mass is 186 g/mol. The molecule has 12 heavy (non-hydrogen) atoms. The summed E-state index contributed by atoms with van der Waals surface area (Å²) in [7, 11) is 2.08. The lowest BCUT2D eigenvalue weighted by Gasteiger charge is -2.24. The molecule has 0 amide bonds. The van der Waals surface area contributed by atoms with Crippen LogP contribution in [0.25, 0.3) is 0 Å². The van der Waals surface area contributed by atoms with Gasteiger partial charge in [-0.25, -0.2) is 0 Å². The fourth-order valence-electron chi connectivity index (χ4n) is 1.02. The van der Waals surface area contributed by atoms with Gasteiger partial charge < -0.3 is 4.90 Å². The number of hydrogen-bond donors (Lipinski definition) is 0. The van der Waals surface area contributed by atoms with Crippen LogP contribution in [0.2, 0.25) is 0 Å². The Morgan fingerprint density at radius 3 is 2.50 bits per heavy atom. The van der Waals surface area contributed by atoms with Crippen LogP contribution in [-0.4, -0.2) is 36.5 Å². The second-order valence-corrected chi connectivity index (χ2v) is 4.18. The first-order valence-electron chi connectivity index (χ1n) is 4.20. The van der Waals surface area contributed by atoms with Crippen molar-refractivity contribution in [1.29, 1.82) is 5.26 Å². The van der Waals surface area contributed by atoms with Gasteiger partial charge in [0, 0.05) is 18.3 Å². The molecule has 0 aromatic heterocycles. The molecular formula is C9H18N2S. The van der Waals surface area contributed by atoms with Crippen molar-refractivity contribution in [2.75, 3.05) is 25.6 Å². The lowest BCUT2D eigenvalue weighted by molar-refractivity contribution is 0.259. The molecule has 0 aliphatic carbocycles. The Bertz CT molecular complexity index is 153. The van der Waals surface area contributed by atoms with E-state index >= 15 is 0 Å². The Kier molecular flexibility index (Phi) is 6.23. The van der Waals surface area contributed by atoms with E-state index in [1.54, 1.807) is 0 Å². The predicted molar refractivity (Wildman–Crippen MR) is 55.3 cm³/mol. The van der Waals surface area contributed by atoms with Crippen LogP contribution in [0.1, 0.15) is 13.8 Å². The maximum absolute atomic E-state index is 8.61. The summed E-state index contributed by atoms with van der Waals surface area (Å²) in [4.78, 5) is 2.24. The molecule has 3 heteroatoms. The highest BCUT2D eigenvalue weighted by Crippen LogP contribution is 2.05. The standard InChI is InChI=1S/C9H18N2S/c1-8(5-10)6-11(3)9(2)7-12-4/h8-9H,6-7H2,1-4H3. The van der Waals surface area contributed by atoms with E-state index in [2.05, 4.69) is 31.2 Å². The minimum absolute atomic E-state index is 0.138. The van der Waals surface area contributed by atoms with Crippen LogP contribution in [0.4, 0.5) is 0 Å². The third-order valence-corrected chi connectivity index (χ3v) is 2.76. The smallest absolute Gasteiger partial charge is 0.0666 e. The zero-order chi connectivity index (χ0) is 9.56. The van der Waals surface area contributed by atoms with E-state index in [1.807, 2.05) is 18.7 Å². The maximum atomic E-state index is 8.61. The zero-order valence-electron chi connectivity index (χ0n) is 8.37. The summed E-state index contributed by atoms with van der Waals surface area (Å²) >= 11 is 1.85. The Morgan fingerprint density at radius 1 is 1.50 bits per heavy atom. The van der Waals surface area contributed by atoms with Gasteiger partial charge in [0.1, 0.15) is 0 Å². The second kappa shape index (κ2) is 6.33. The zero-order valence-corrected chi connectivity index (χ0v) is 9.19. The highest BCUT2D eigenvalue weighted by atomic mass is 32.2. The molecule has 2 nitrogen and oxygen atoms in total. The van der Waals surface area contributed by atoms with E-state index in [-0.39, 0.29) is 5.92 Å². The van der Waals surface area contributed by atoms with Gasteiger partial charge in [0.15, 0.2) is 0 Å². The van der Waals surface area contributed by atoms with E-state index in [4.69, 9.17) is 5.26 Å². The molecule has 0 saturated heterocycles. The summed E-state index contributed by atoms with van der Waals surface area (Å²) in [6.45, 7) is 5.03. The van der Waals surface area contributed by atoms with Gasteiger partial charge in [-0.1, -0.05) is 0 Å². The molecule has 0 radical (unpaired) electrons. The molecule has 0 saturated carbocycles. The first-order chi connectivity index (χ1) is 5.61. The average molecular weight is 186 g/mol. The molecule has 0 heterocycles. The molecule has 0 bridgehead atoms. The van der Waals surface area contributed by atoms with Gasteiger partial charge in [0.05, 0.1) is 12.0 Å². The number of nitriles is 1. The first kappa shape index (κ1) is 11.8. The SMILES string of the molecule is CSCC(C)N(C)CC(C)C#N. The molecule has 0 aromatic rings. The van der Waals surface area contributed by atoms with Crippen LogP contribution < -0.4 is 0 Å². The lowest BCUT2D eigenvalue weighted by atomic mass is 10.2. The summed E-state index contributed by atoms with van der Waals surface area (Å²) < 4.78 is 0. The summed E-state index contributed by atoms with van der Waals surface area (Å²) in [5.74, 6) is 1.27. The van der Waals surface area contributed by atoms with Gasteiger partial charge in [-0.05, 0) is 27.2 Å². The fraction of sp³-hybridized carbons (Fsp3) is 0.889. The van der Waals surface area contributed by atoms with Crippen LogP contribution >= 0.6 is 11.8 Å². The third-order valence-electron chi connectivity index (χ3n) is 1.94. The van der Waals surface area contributed by atoms with Crippen molar-refractivity contribution < 1.29 is 0 Å². The minimum Gasteiger partial charge on any atom is -0.302 e. The van der Waals surface area contributed by atoms with Crippen LogP contribution in [0.3, 0.4) is 0 Å². The highest BCUT2D eigenvalue weighted by molar-refractivity contribution is 7.98. The van der Waals surface area contributed by atoms with Gasteiger partial charge in [-0.15, -0.1) is 0 Å². The number of thioether (sulfide) groups is 1. The Hall–Kier alpha value is -0.200. The molecular weight excluding hydrogens is 168 g/mol. The minimum atomic E-state index is 0.138. The van der Waals surface area contributed by atoms with Crippen molar-refractivity contribution >= 4 is 11.8 Å². The maximum Gasteiger partial charge on any atom is 0.0666 e. The van der Waals surface area contributed by atoms with Crippen molar-refractivity contribution in [2.45, 2.75) is 19.9 Å². The molecule has 0 spiro atoms. The van der Waals surface area contributed by atoms with Gasteiger partial charge in [-0.2, -0.15) is 17.0 Å². The van der Waals surface area contributed by atoms with E-state index in [0.29, 0.717) is 6.04 Å². The van der Waals surface area contributed by atoms with Gasteiger partial charge in [0.25, 0.3) is 0 Å². The summed E-state index contributed by atoms with van der Waals surface area (Å²) in [5, 5.41) is 8.61. The predicted octanol–water partition coefficient (Wildman–Crippen LogP) is 1.83. The van der Waals surface area contributed by atoms with Crippen molar-refractivity contribution in [3.05, 3.63) is 0 Å². The van der Waals surface area contributed by atoms with Gasteiger partial charge in [0.2, 0.25) is 0 Å². The van der Waals surface area contributed by atoms with E-state index in [9.17, 15) is 0 Å². The van der Waals surface area contributed by atoms with Crippen LogP contribution in [0, 0.1) is 17.2 Å². The molecule has 0 aliphatic rings. The van der Waals surface area contributed by atoms with E-state index in [0.717, 1.165) is 12.3 Å². The van der Waals surface area contributed by atoms with Crippen LogP contribution in [0.15, 0.2) is 0 Å². The number of hydrogen-bond acceptors (Lipinski definition) is 3. The lowest BCUT2D eigenvalue weighted by Crippen LogP contribution is -2.34. The Morgan fingerprint density at radius 2 is 2.08 bits per heavy atom. The van der Waals surface area contributed by atoms with Crippen molar-refractivity contribution in [3.63, 3.8) is 0 Å². The summed E-state index contributed by atoms with van der Waals surface area (Å²) in [5.41, 5.74) is 0. The molecule has 0 aliphatic heterocycles. The first-order valence-corrected chi connectivity index (χ1v) is 5.60. The molecule has 0 N–H and O–H groups in total. The summed E-state index contributed by atoms with van der Waals surface area (Å²) in [6.07, 6.45) is 2.11. The topological polar surface area (TPSA) is 27.0 Å². The van der Waals surface area contributed by atoms with Crippen LogP contribution in [-0.2, 0) is 0 Å². The number of rotatable bonds is 5. The van der Waals surface area contributed by atoms with Crippen molar-refractivity contribution in [2.24, 2.45) is 5.92 Å². The molecule has 0 aromatic carbocycles. The summed E-state index contributed by atoms with van der Waals surface area (Å²) in [6, 6.07) is 2.81. The van der Waals surface area contributed by atoms with E-state index < -0.39 is 0 Å². The average Bonchev–Trinajstić information content (AvgIpc) is 2.04. The highest BCUT2D eigenvalue weighted by Gasteiger charge is 2.10. The molecule has 2 unspecified atom stereocenters. The Balaban J connectivity index is 3.71. The molecule has 2 atom stereocenters. The van der Waals surface area contributed by atoms with Crippen LogP contribution in [0.5, 0.6) is 0 Å². The molecule has 70 valence electrons. The number of nitrogens with zero attached hydrogens (tertiary/aromatic N) is 2. The van der Waals surface area contributed by atoms with Crippen molar-refractivity contribution in [1.82, 2.24) is 4.90 Å². The largest absolute Gasteiger partial charge is 0.302 e. The fourth-order valence-corrected chi connectivity index (χ4v) is 1.76. The van der Waals surface area contributed by atoms with Crippen molar-refractivity contribution in [3.8, 4) is 6.07 Å². The van der Waals surface area contributed by atoms with Gasteiger partial charge in [-0.3, -0.25) is 0 Å². The van der Waals surface area contributed by atoms with E-state index in [1.165, 1.54) is 0 Å². The Labute approximate surface area is 79.9 Å². The molecule has 0 fully saturated rings. The third kappa shape index (κ3) is 4.63. The quantitative estimate of drug-likeness (QED) is 0.655. The normalized spacial score (nSPS) is 15.7. The van der Waals surface area contributed by atoms with Gasteiger partial charge >= 0.3 is 0 Å².